The Morgan fingerprint density at radius 1 is 1.28 bits per heavy atom. The fraction of sp³-hybridized carbons (Fsp3) is 0.348. The quantitative estimate of drug-likeness (QED) is 0.101. The first-order chi connectivity index (χ1) is 18.5. The monoisotopic (exact) mass is 592 g/mol. The number of aromatic nitrogens is 2. The second-order valence-electron chi connectivity index (χ2n) is 9.22. The first-order valence-corrected chi connectivity index (χ1v) is 14.1. The number of amides is 2. The third-order valence-electron chi connectivity index (χ3n) is 5.45. The lowest BCUT2D eigenvalue weighted by Crippen LogP contribution is -2.71. The maximum Gasteiger partial charge on any atom is 0.358 e. The van der Waals surface area contributed by atoms with Crippen molar-refractivity contribution >= 4 is 75.1 Å². The van der Waals surface area contributed by atoms with Gasteiger partial charge in [-0.15, -0.1) is 34.4 Å². The van der Waals surface area contributed by atoms with Crippen molar-refractivity contribution in [1.82, 2.24) is 20.2 Å². The molecule has 2 aliphatic rings. The van der Waals surface area contributed by atoms with Crippen LogP contribution in [0.3, 0.4) is 0 Å². The number of carbonyl (C=O) groups is 4. The van der Waals surface area contributed by atoms with Crippen LogP contribution >= 0.6 is 34.4 Å². The van der Waals surface area contributed by atoms with E-state index in [1.165, 1.54) is 33.4 Å². The van der Waals surface area contributed by atoms with Gasteiger partial charge in [-0.3, -0.25) is 24.3 Å². The van der Waals surface area contributed by atoms with Crippen LogP contribution in [0.2, 0.25) is 0 Å². The van der Waals surface area contributed by atoms with Crippen LogP contribution in [-0.2, 0) is 28.7 Å². The van der Waals surface area contributed by atoms with Gasteiger partial charge in [0.25, 0.3) is 11.8 Å². The van der Waals surface area contributed by atoms with E-state index in [0.717, 1.165) is 16.2 Å². The Morgan fingerprint density at radius 3 is 2.67 bits per heavy atom. The molecule has 2 atom stereocenters. The van der Waals surface area contributed by atoms with Crippen LogP contribution in [0.5, 0.6) is 0 Å². The first kappa shape index (κ1) is 28.3. The number of thiazole rings is 2. The van der Waals surface area contributed by atoms with Gasteiger partial charge in [-0.2, -0.15) is 0 Å². The lowest BCUT2D eigenvalue weighted by atomic mass is 9.98. The van der Waals surface area contributed by atoms with Crippen molar-refractivity contribution in [2.24, 2.45) is 10.6 Å². The molecular formula is C23H24N6O7S3. The first-order valence-electron chi connectivity index (χ1n) is 11.3. The van der Waals surface area contributed by atoms with E-state index in [0.29, 0.717) is 11.3 Å². The predicted molar refractivity (Wildman–Crippen MR) is 145 cm³/mol. The third-order valence-corrected chi connectivity index (χ3v) is 8.17. The standard InChI is InChI=1S/C23H24N6O7S3/c1-23(2,3)21(33)36-10-35-20(32)16-11(4-5-12-6-25-9-39-12)7-37-19-15(18(31)29(16)19)27-17(30)14(28-34)13-8-38-22(24)26-13/h4-6,8-9,15,19,34H,7,10H2,1-3H3,(H2,24,26)(H,27,30)/t15?,19-/m1/s1. The summed E-state index contributed by atoms with van der Waals surface area (Å²) in [5, 5.41) is 15.9. The summed E-state index contributed by atoms with van der Waals surface area (Å²) in [6.07, 6.45) is 5.10. The van der Waals surface area contributed by atoms with Gasteiger partial charge in [0, 0.05) is 22.2 Å². The van der Waals surface area contributed by atoms with Crippen molar-refractivity contribution in [3.8, 4) is 0 Å². The summed E-state index contributed by atoms with van der Waals surface area (Å²) in [6.45, 7) is 4.36. The molecular weight excluding hydrogens is 568 g/mol. The Kier molecular flexibility index (Phi) is 8.36. The van der Waals surface area contributed by atoms with Crippen LogP contribution in [0.15, 0.2) is 39.6 Å². The largest absolute Gasteiger partial charge is 0.427 e. The Labute approximate surface area is 234 Å². The van der Waals surface area contributed by atoms with E-state index in [1.54, 1.807) is 44.6 Å². The molecule has 2 aliphatic heterocycles. The van der Waals surface area contributed by atoms with E-state index in [9.17, 15) is 24.4 Å². The van der Waals surface area contributed by atoms with E-state index in [1.807, 2.05) is 0 Å². The Morgan fingerprint density at radius 2 is 2.05 bits per heavy atom. The summed E-state index contributed by atoms with van der Waals surface area (Å²) < 4.78 is 10.2. The van der Waals surface area contributed by atoms with Crippen molar-refractivity contribution in [1.29, 1.82) is 0 Å². The zero-order valence-corrected chi connectivity index (χ0v) is 23.4. The van der Waals surface area contributed by atoms with Crippen LogP contribution in [0.1, 0.15) is 31.3 Å². The Hall–Kier alpha value is -3.76. The summed E-state index contributed by atoms with van der Waals surface area (Å²) in [5.74, 6) is -2.51. The molecule has 1 saturated heterocycles. The van der Waals surface area contributed by atoms with Crippen molar-refractivity contribution < 1.29 is 33.9 Å². The van der Waals surface area contributed by atoms with Gasteiger partial charge in [0.2, 0.25) is 6.79 Å². The molecule has 206 valence electrons. The van der Waals surface area contributed by atoms with Crippen LogP contribution in [0.4, 0.5) is 5.13 Å². The van der Waals surface area contributed by atoms with Crippen molar-refractivity contribution in [3.05, 3.63) is 45.0 Å². The Balaban J connectivity index is 1.52. The molecule has 2 aromatic heterocycles. The summed E-state index contributed by atoms with van der Waals surface area (Å²) >= 11 is 3.78. The van der Waals surface area contributed by atoms with Gasteiger partial charge < -0.3 is 25.7 Å². The molecule has 4 N–H and O–H groups in total. The average molecular weight is 593 g/mol. The molecule has 0 bridgehead atoms. The minimum Gasteiger partial charge on any atom is -0.427 e. The fourth-order valence-electron chi connectivity index (χ4n) is 3.49. The number of fused-ring (bicyclic) bond motifs is 1. The van der Waals surface area contributed by atoms with Gasteiger partial charge in [0.1, 0.15) is 22.8 Å². The van der Waals surface area contributed by atoms with Crippen LogP contribution in [0.25, 0.3) is 6.08 Å². The number of thioether (sulfide) groups is 1. The number of oxime groups is 1. The Bertz CT molecular complexity index is 1380. The summed E-state index contributed by atoms with van der Waals surface area (Å²) in [4.78, 5) is 61.1. The number of rotatable bonds is 8. The number of nitrogen functional groups attached to an aromatic ring is 1. The van der Waals surface area contributed by atoms with Gasteiger partial charge >= 0.3 is 11.9 Å². The van der Waals surface area contributed by atoms with Gasteiger partial charge in [-0.05, 0) is 32.4 Å². The molecule has 1 unspecified atom stereocenters. The highest BCUT2D eigenvalue weighted by Gasteiger charge is 2.54. The van der Waals surface area contributed by atoms with Gasteiger partial charge in [0.15, 0.2) is 10.8 Å². The van der Waals surface area contributed by atoms with Crippen molar-refractivity contribution in [2.45, 2.75) is 32.2 Å². The molecule has 13 nitrogen and oxygen atoms in total. The smallest absolute Gasteiger partial charge is 0.358 e. The molecule has 0 spiro atoms. The van der Waals surface area contributed by atoms with Gasteiger partial charge in [-0.25, -0.2) is 9.78 Å². The molecule has 2 amide bonds. The number of β-lactam (4-membered cyclic amide) rings is 1. The number of carbonyl (C=O) groups excluding carboxylic acids is 4. The summed E-state index contributed by atoms with van der Waals surface area (Å²) in [5.41, 5.74) is 6.60. The number of nitrogens with one attached hydrogen (secondary N) is 1. The number of ether oxygens (including phenoxy) is 2. The molecule has 0 aliphatic carbocycles. The number of nitrogens with zero attached hydrogens (tertiary/aromatic N) is 4. The van der Waals surface area contributed by atoms with E-state index in [2.05, 4.69) is 20.4 Å². The minimum absolute atomic E-state index is 0.0230. The van der Waals surface area contributed by atoms with Crippen LogP contribution < -0.4 is 11.1 Å². The zero-order valence-electron chi connectivity index (χ0n) is 20.9. The van der Waals surface area contributed by atoms with Crippen molar-refractivity contribution in [3.63, 3.8) is 0 Å². The molecule has 2 aromatic rings. The van der Waals surface area contributed by atoms with Crippen LogP contribution in [0, 0.1) is 5.41 Å². The molecule has 16 heteroatoms. The molecule has 0 radical (unpaired) electrons. The second kappa shape index (κ2) is 11.5. The number of nitrogens with two attached hydrogens (primary N) is 1. The van der Waals surface area contributed by atoms with Gasteiger partial charge in [-0.1, -0.05) is 11.2 Å². The molecule has 1 fully saturated rings. The second-order valence-corrected chi connectivity index (χ2v) is 12.1. The molecule has 4 rings (SSSR count). The number of allylic oxidation sites excluding steroid dienone is 1. The molecule has 0 saturated carbocycles. The van der Waals surface area contributed by atoms with Gasteiger partial charge in [0.05, 0.1) is 10.9 Å². The summed E-state index contributed by atoms with van der Waals surface area (Å²) in [6, 6.07) is -1.01. The minimum atomic E-state index is -1.01. The van der Waals surface area contributed by atoms with Crippen LogP contribution in [-0.4, -0.2) is 73.5 Å². The fourth-order valence-corrected chi connectivity index (χ4v) is 5.87. The highest BCUT2D eigenvalue weighted by molar-refractivity contribution is 8.00. The topological polar surface area (TPSA) is 186 Å². The maximum absolute atomic E-state index is 13.2. The van der Waals surface area contributed by atoms with E-state index < -0.39 is 53.1 Å². The van der Waals surface area contributed by atoms with E-state index >= 15 is 0 Å². The SMILES string of the molecule is CC(C)(C)C(=O)OCOC(=O)C1=C(C=Cc2cncs2)CS[C@@H]2C(NC(=O)C(=NO)c3csc(N)n3)C(=O)N12. The highest BCUT2D eigenvalue weighted by Crippen LogP contribution is 2.41. The number of hydrogen-bond donors (Lipinski definition) is 3. The summed E-state index contributed by atoms with van der Waals surface area (Å²) in [7, 11) is 0. The molecule has 4 heterocycles. The highest BCUT2D eigenvalue weighted by atomic mass is 32.2. The third kappa shape index (κ3) is 6.12. The average Bonchev–Trinajstić information content (AvgIpc) is 3.57. The number of esters is 2. The lowest BCUT2D eigenvalue weighted by Gasteiger charge is -2.49. The van der Waals surface area contributed by atoms with Crippen molar-refractivity contribution in [2.75, 3.05) is 18.3 Å². The maximum atomic E-state index is 13.2. The number of anilines is 1. The zero-order chi connectivity index (χ0) is 28.3. The predicted octanol–water partition coefficient (Wildman–Crippen LogP) is 1.82. The molecule has 0 aromatic carbocycles. The lowest BCUT2D eigenvalue weighted by molar-refractivity contribution is -0.173. The van der Waals surface area contributed by atoms with E-state index in [-0.39, 0.29) is 16.5 Å². The number of hydrogen-bond acceptors (Lipinski definition) is 14. The normalized spacial score (nSPS) is 19.5. The van der Waals surface area contributed by atoms with E-state index in [4.69, 9.17) is 15.2 Å². The molecule has 39 heavy (non-hydrogen) atoms.